The number of H-pyrrole nitrogens is 1. The van der Waals surface area contributed by atoms with Crippen LogP contribution < -0.4 is 20.3 Å². The van der Waals surface area contributed by atoms with Crippen molar-refractivity contribution in [2.45, 2.75) is 6.42 Å². The predicted molar refractivity (Wildman–Crippen MR) is 92.8 cm³/mol. The molecule has 8 heteroatoms. The summed E-state index contributed by atoms with van der Waals surface area (Å²) in [6.45, 7) is 0.201. The molecule has 126 valence electrons. The summed E-state index contributed by atoms with van der Waals surface area (Å²) < 4.78 is 10.6. The second-order valence-electron chi connectivity index (χ2n) is 5.41. The molecule has 0 fully saturated rings. The van der Waals surface area contributed by atoms with Crippen molar-refractivity contribution < 1.29 is 9.47 Å². The SMILES string of the molecule is O=c1[nH]c(Nc2ccc3c(c2)OCO3)nnc1Cc1ccccc1Cl. The van der Waals surface area contributed by atoms with Gasteiger partial charge in [0.25, 0.3) is 5.56 Å². The van der Waals surface area contributed by atoms with Gasteiger partial charge in [0.05, 0.1) is 0 Å². The Morgan fingerprint density at radius 3 is 2.80 bits per heavy atom. The van der Waals surface area contributed by atoms with E-state index in [4.69, 9.17) is 21.1 Å². The van der Waals surface area contributed by atoms with Crippen LogP contribution in [0, 0.1) is 0 Å². The Kier molecular flexibility index (Phi) is 3.99. The minimum atomic E-state index is -0.321. The lowest BCUT2D eigenvalue weighted by Crippen LogP contribution is -2.19. The number of benzene rings is 2. The molecule has 0 spiro atoms. The average Bonchev–Trinajstić information content (AvgIpc) is 3.07. The van der Waals surface area contributed by atoms with Gasteiger partial charge in [-0.2, -0.15) is 0 Å². The third-order valence-corrected chi connectivity index (χ3v) is 4.08. The maximum atomic E-state index is 12.2. The molecule has 0 atom stereocenters. The Hall–Kier alpha value is -3.06. The molecule has 0 aliphatic carbocycles. The molecule has 0 saturated heterocycles. The van der Waals surface area contributed by atoms with E-state index in [9.17, 15) is 4.79 Å². The van der Waals surface area contributed by atoms with E-state index in [0.29, 0.717) is 34.3 Å². The van der Waals surface area contributed by atoms with E-state index in [1.807, 2.05) is 18.2 Å². The molecule has 1 aromatic heterocycles. The second-order valence-corrected chi connectivity index (χ2v) is 5.82. The molecule has 7 nitrogen and oxygen atoms in total. The zero-order chi connectivity index (χ0) is 17.2. The number of anilines is 2. The summed E-state index contributed by atoms with van der Waals surface area (Å²) in [5.74, 6) is 1.56. The molecule has 1 aliphatic heterocycles. The third kappa shape index (κ3) is 3.27. The predicted octanol–water partition coefficient (Wildman–Crippen LogP) is 2.88. The van der Waals surface area contributed by atoms with Gasteiger partial charge in [0.2, 0.25) is 12.7 Å². The highest BCUT2D eigenvalue weighted by atomic mass is 35.5. The van der Waals surface area contributed by atoms with Gasteiger partial charge in [0.1, 0.15) is 5.69 Å². The number of aromatic amines is 1. The molecular weight excluding hydrogens is 344 g/mol. The summed E-state index contributed by atoms with van der Waals surface area (Å²) in [5, 5.41) is 11.6. The van der Waals surface area contributed by atoms with E-state index in [-0.39, 0.29) is 18.3 Å². The topological polar surface area (TPSA) is 89.1 Å². The van der Waals surface area contributed by atoms with E-state index >= 15 is 0 Å². The first-order valence-corrected chi connectivity index (χ1v) is 7.93. The number of ether oxygens (including phenoxy) is 2. The zero-order valence-corrected chi connectivity index (χ0v) is 13.7. The fourth-order valence-electron chi connectivity index (χ4n) is 2.47. The van der Waals surface area contributed by atoms with Crippen molar-refractivity contribution in [1.82, 2.24) is 15.2 Å². The van der Waals surface area contributed by atoms with Gasteiger partial charge >= 0.3 is 0 Å². The molecule has 0 unspecified atom stereocenters. The Bertz CT molecular complexity index is 990. The highest BCUT2D eigenvalue weighted by Crippen LogP contribution is 2.34. The van der Waals surface area contributed by atoms with Gasteiger partial charge < -0.3 is 14.8 Å². The molecule has 0 bridgehead atoms. The second kappa shape index (κ2) is 6.45. The highest BCUT2D eigenvalue weighted by Gasteiger charge is 2.14. The van der Waals surface area contributed by atoms with Crippen molar-refractivity contribution in [3.05, 3.63) is 69.1 Å². The molecule has 0 amide bonds. The first kappa shape index (κ1) is 15.5. The summed E-state index contributed by atoms with van der Waals surface area (Å²) in [4.78, 5) is 14.9. The lowest BCUT2D eigenvalue weighted by Gasteiger charge is -2.07. The molecule has 4 rings (SSSR count). The quantitative estimate of drug-likeness (QED) is 0.747. The van der Waals surface area contributed by atoms with Gasteiger partial charge in [-0.15, -0.1) is 10.2 Å². The fraction of sp³-hybridized carbons (Fsp3) is 0.118. The van der Waals surface area contributed by atoms with Gasteiger partial charge in [-0.05, 0) is 23.8 Å². The van der Waals surface area contributed by atoms with E-state index in [2.05, 4.69) is 20.5 Å². The minimum Gasteiger partial charge on any atom is -0.454 e. The Labute approximate surface area is 147 Å². The van der Waals surface area contributed by atoms with Crippen molar-refractivity contribution in [3.63, 3.8) is 0 Å². The Balaban J connectivity index is 1.54. The van der Waals surface area contributed by atoms with Crippen LogP contribution in [0.15, 0.2) is 47.3 Å². The molecular formula is C17H13ClN4O3. The van der Waals surface area contributed by atoms with Gasteiger partial charge in [0.15, 0.2) is 11.5 Å². The van der Waals surface area contributed by atoms with Crippen LogP contribution in [0.25, 0.3) is 0 Å². The molecule has 0 radical (unpaired) electrons. The highest BCUT2D eigenvalue weighted by molar-refractivity contribution is 6.31. The summed E-state index contributed by atoms with van der Waals surface area (Å²) in [7, 11) is 0. The normalized spacial score (nSPS) is 12.2. The van der Waals surface area contributed by atoms with Gasteiger partial charge in [0, 0.05) is 23.2 Å². The van der Waals surface area contributed by atoms with Crippen LogP contribution in [0.1, 0.15) is 11.3 Å². The maximum Gasteiger partial charge on any atom is 0.274 e. The van der Waals surface area contributed by atoms with Crippen LogP contribution in [-0.4, -0.2) is 22.0 Å². The van der Waals surface area contributed by atoms with Gasteiger partial charge in [-0.25, -0.2) is 0 Å². The van der Waals surface area contributed by atoms with Crippen molar-refractivity contribution in [2.24, 2.45) is 0 Å². The van der Waals surface area contributed by atoms with Crippen LogP contribution >= 0.6 is 11.6 Å². The zero-order valence-electron chi connectivity index (χ0n) is 13.0. The van der Waals surface area contributed by atoms with E-state index in [1.165, 1.54) is 0 Å². The lowest BCUT2D eigenvalue weighted by molar-refractivity contribution is 0.174. The molecule has 1 aliphatic rings. The lowest BCUT2D eigenvalue weighted by atomic mass is 10.1. The van der Waals surface area contributed by atoms with Crippen LogP contribution in [0.5, 0.6) is 11.5 Å². The van der Waals surface area contributed by atoms with Crippen molar-refractivity contribution in [3.8, 4) is 11.5 Å². The van der Waals surface area contributed by atoms with E-state index in [0.717, 1.165) is 5.56 Å². The Morgan fingerprint density at radius 2 is 1.96 bits per heavy atom. The number of hydrogen-bond donors (Lipinski definition) is 2. The van der Waals surface area contributed by atoms with Crippen LogP contribution in [0.2, 0.25) is 5.02 Å². The Morgan fingerprint density at radius 1 is 1.12 bits per heavy atom. The molecule has 25 heavy (non-hydrogen) atoms. The van der Waals surface area contributed by atoms with Gasteiger partial charge in [-0.3, -0.25) is 9.78 Å². The smallest absolute Gasteiger partial charge is 0.274 e. The third-order valence-electron chi connectivity index (χ3n) is 3.72. The van der Waals surface area contributed by atoms with Crippen LogP contribution in [0.4, 0.5) is 11.6 Å². The fourth-order valence-corrected chi connectivity index (χ4v) is 2.67. The van der Waals surface area contributed by atoms with Crippen molar-refractivity contribution in [1.29, 1.82) is 0 Å². The summed E-state index contributed by atoms with van der Waals surface area (Å²) in [6.07, 6.45) is 0.312. The van der Waals surface area contributed by atoms with Crippen molar-refractivity contribution >= 4 is 23.2 Å². The number of aromatic nitrogens is 3. The standard InChI is InChI=1S/C17H13ClN4O3/c18-12-4-2-1-3-10(12)7-13-16(23)20-17(22-21-13)19-11-5-6-14-15(8-11)25-9-24-14/h1-6,8H,7,9H2,(H2,19,20,22,23). The number of nitrogens with one attached hydrogen (secondary N) is 2. The molecule has 0 saturated carbocycles. The number of hydrogen-bond acceptors (Lipinski definition) is 6. The number of rotatable bonds is 4. The average molecular weight is 357 g/mol. The molecule has 2 heterocycles. The molecule has 2 aromatic carbocycles. The summed E-state index contributed by atoms with van der Waals surface area (Å²) in [6, 6.07) is 12.7. The van der Waals surface area contributed by atoms with Gasteiger partial charge in [-0.1, -0.05) is 29.8 Å². The summed E-state index contributed by atoms with van der Waals surface area (Å²) >= 11 is 6.12. The maximum absolute atomic E-state index is 12.2. The van der Waals surface area contributed by atoms with Crippen LogP contribution in [0.3, 0.4) is 0 Å². The first-order valence-electron chi connectivity index (χ1n) is 7.55. The number of nitrogens with zero attached hydrogens (tertiary/aromatic N) is 2. The van der Waals surface area contributed by atoms with Crippen molar-refractivity contribution in [2.75, 3.05) is 12.1 Å². The number of halogens is 1. The summed E-state index contributed by atoms with van der Waals surface area (Å²) in [5.41, 5.74) is 1.50. The minimum absolute atomic E-state index is 0.201. The van der Waals surface area contributed by atoms with E-state index in [1.54, 1.807) is 24.3 Å². The number of fused-ring (bicyclic) bond motifs is 1. The van der Waals surface area contributed by atoms with Crippen LogP contribution in [-0.2, 0) is 6.42 Å². The first-order chi connectivity index (χ1) is 12.2. The molecule has 3 aromatic rings. The monoisotopic (exact) mass is 356 g/mol. The molecule has 2 N–H and O–H groups in total. The van der Waals surface area contributed by atoms with E-state index < -0.39 is 0 Å². The largest absolute Gasteiger partial charge is 0.454 e.